The molecule has 0 aliphatic carbocycles. The van der Waals surface area contributed by atoms with Gasteiger partial charge in [0.05, 0.1) is 23.7 Å². The van der Waals surface area contributed by atoms with Crippen LogP contribution in [0.3, 0.4) is 0 Å². The van der Waals surface area contributed by atoms with Gasteiger partial charge in [-0.3, -0.25) is 4.98 Å². The van der Waals surface area contributed by atoms with Crippen LogP contribution in [0, 0.1) is 6.92 Å². The molecule has 0 amide bonds. The monoisotopic (exact) mass is 329 g/mol. The third-order valence-corrected chi connectivity index (χ3v) is 4.49. The third kappa shape index (κ3) is 2.66. The Morgan fingerprint density at radius 3 is 2.48 bits per heavy atom. The van der Waals surface area contributed by atoms with Crippen molar-refractivity contribution in [3.05, 3.63) is 66.5 Å². The highest BCUT2D eigenvalue weighted by Crippen LogP contribution is 2.35. The van der Waals surface area contributed by atoms with E-state index in [2.05, 4.69) is 46.8 Å². The van der Waals surface area contributed by atoms with Crippen molar-refractivity contribution in [1.82, 2.24) is 14.5 Å². The molecule has 0 N–H and O–H groups in total. The molecule has 4 aromatic rings. The van der Waals surface area contributed by atoms with E-state index in [-0.39, 0.29) is 0 Å². The molecule has 0 aliphatic heterocycles. The van der Waals surface area contributed by atoms with Crippen molar-refractivity contribution in [2.75, 3.05) is 7.11 Å². The smallest absolute Gasteiger partial charge is 0.144 e. The maximum absolute atomic E-state index is 5.60. The van der Waals surface area contributed by atoms with Crippen molar-refractivity contribution >= 4 is 11.0 Å². The second-order valence-electron chi connectivity index (χ2n) is 6.14. The highest BCUT2D eigenvalue weighted by Gasteiger charge is 2.15. The molecule has 4 rings (SSSR count). The predicted molar refractivity (Wildman–Crippen MR) is 101 cm³/mol. The lowest BCUT2D eigenvalue weighted by Gasteiger charge is -2.11. The van der Waals surface area contributed by atoms with E-state index in [9.17, 15) is 0 Å². The molecule has 0 spiro atoms. The van der Waals surface area contributed by atoms with Crippen LogP contribution >= 0.6 is 0 Å². The van der Waals surface area contributed by atoms with E-state index >= 15 is 0 Å². The first-order chi connectivity index (χ1) is 12.2. The summed E-state index contributed by atoms with van der Waals surface area (Å²) in [6.07, 6.45) is 3.61. The second-order valence-corrected chi connectivity index (χ2v) is 6.14. The highest BCUT2D eigenvalue weighted by atomic mass is 16.5. The fourth-order valence-electron chi connectivity index (χ4n) is 3.16. The largest absolute Gasteiger partial charge is 0.496 e. The summed E-state index contributed by atoms with van der Waals surface area (Å²) in [4.78, 5) is 8.95. The van der Waals surface area contributed by atoms with E-state index in [1.165, 1.54) is 5.56 Å². The molecule has 0 saturated heterocycles. The Morgan fingerprint density at radius 2 is 1.72 bits per heavy atom. The van der Waals surface area contributed by atoms with Gasteiger partial charge in [0.2, 0.25) is 0 Å². The molecule has 4 heteroatoms. The second kappa shape index (κ2) is 6.06. The van der Waals surface area contributed by atoms with Crippen LogP contribution in [0.2, 0.25) is 0 Å². The van der Waals surface area contributed by atoms with Crippen molar-refractivity contribution < 1.29 is 4.74 Å². The molecule has 0 aliphatic rings. The van der Waals surface area contributed by atoms with Gasteiger partial charge < -0.3 is 9.30 Å². The zero-order valence-corrected chi connectivity index (χ0v) is 14.5. The minimum atomic E-state index is 0.813. The average molecular weight is 329 g/mol. The van der Waals surface area contributed by atoms with E-state index in [0.29, 0.717) is 0 Å². The zero-order valence-electron chi connectivity index (χ0n) is 14.5. The maximum atomic E-state index is 5.60. The summed E-state index contributed by atoms with van der Waals surface area (Å²) < 4.78 is 7.71. The topological polar surface area (TPSA) is 39.9 Å². The number of benzene rings is 2. The molecule has 0 unspecified atom stereocenters. The van der Waals surface area contributed by atoms with Crippen molar-refractivity contribution in [2.45, 2.75) is 6.92 Å². The van der Waals surface area contributed by atoms with Crippen LogP contribution in [-0.2, 0) is 7.05 Å². The average Bonchev–Trinajstić information content (AvgIpc) is 2.97. The number of hydrogen-bond donors (Lipinski definition) is 0. The summed E-state index contributed by atoms with van der Waals surface area (Å²) in [6, 6.07) is 16.5. The van der Waals surface area contributed by atoms with Crippen molar-refractivity contribution in [2.24, 2.45) is 7.05 Å². The Balaban J connectivity index is 1.94. The van der Waals surface area contributed by atoms with Gasteiger partial charge in [0.25, 0.3) is 0 Å². The fraction of sp³-hybridized carbons (Fsp3) is 0.143. The molecule has 2 aromatic carbocycles. The van der Waals surface area contributed by atoms with Gasteiger partial charge in [0, 0.05) is 19.4 Å². The van der Waals surface area contributed by atoms with Crippen LogP contribution in [0.15, 0.2) is 60.9 Å². The summed E-state index contributed by atoms with van der Waals surface area (Å²) in [5.74, 6) is 1.71. The van der Waals surface area contributed by atoms with E-state index < -0.39 is 0 Å². The van der Waals surface area contributed by atoms with Crippen molar-refractivity contribution in [3.63, 3.8) is 0 Å². The molecule has 25 heavy (non-hydrogen) atoms. The van der Waals surface area contributed by atoms with Gasteiger partial charge in [-0.25, -0.2) is 4.98 Å². The van der Waals surface area contributed by atoms with Crippen LogP contribution in [0.25, 0.3) is 33.5 Å². The number of ether oxygens (including phenoxy) is 1. The first-order valence-electron chi connectivity index (χ1n) is 8.19. The predicted octanol–water partition coefficient (Wildman–Crippen LogP) is 4.62. The Hall–Kier alpha value is -3.14. The molecule has 0 atom stereocenters. The van der Waals surface area contributed by atoms with Crippen LogP contribution in [0.5, 0.6) is 5.75 Å². The molecular formula is C21H19N3O. The Bertz CT molecular complexity index is 1050. The number of methoxy groups -OCH3 is 1. The van der Waals surface area contributed by atoms with Crippen LogP contribution in [0.4, 0.5) is 0 Å². The van der Waals surface area contributed by atoms with Crippen LogP contribution in [-0.4, -0.2) is 21.6 Å². The minimum Gasteiger partial charge on any atom is -0.496 e. The minimum absolute atomic E-state index is 0.813. The Labute approximate surface area is 146 Å². The van der Waals surface area contributed by atoms with Gasteiger partial charge in [0.1, 0.15) is 11.6 Å². The number of rotatable bonds is 3. The van der Waals surface area contributed by atoms with E-state index in [1.807, 2.05) is 25.2 Å². The van der Waals surface area contributed by atoms with Gasteiger partial charge in [-0.15, -0.1) is 0 Å². The molecular weight excluding hydrogens is 310 g/mol. The van der Waals surface area contributed by atoms with Crippen molar-refractivity contribution in [1.29, 1.82) is 0 Å². The number of nitrogens with zero attached hydrogens (tertiary/aromatic N) is 3. The van der Waals surface area contributed by atoms with Crippen LogP contribution in [0.1, 0.15) is 5.56 Å². The number of imidazole rings is 1. The molecule has 0 fully saturated rings. The highest BCUT2D eigenvalue weighted by molar-refractivity contribution is 5.84. The first kappa shape index (κ1) is 15.4. The molecule has 2 heterocycles. The van der Waals surface area contributed by atoms with E-state index in [1.54, 1.807) is 19.5 Å². The van der Waals surface area contributed by atoms with Gasteiger partial charge >= 0.3 is 0 Å². The zero-order chi connectivity index (χ0) is 17.4. The summed E-state index contributed by atoms with van der Waals surface area (Å²) in [6.45, 7) is 2.08. The third-order valence-electron chi connectivity index (χ3n) is 4.49. The lowest BCUT2D eigenvalue weighted by molar-refractivity contribution is 0.416. The SMILES string of the molecule is COc1ccc(-c2ccncc2)cc1-c1nc2cc(C)ccc2n1C. The summed E-state index contributed by atoms with van der Waals surface area (Å²) in [5.41, 5.74) is 6.52. The van der Waals surface area contributed by atoms with E-state index in [0.717, 1.165) is 39.3 Å². The van der Waals surface area contributed by atoms with Gasteiger partial charge in [-0.05, 0) is 60.0 Å². The lowest BCUT2D eigenvalue weighted by atomic mass is 10.0. The summed E-state index contributed by atoms with van der Waals surface area (Å²) >= 11 is 0. The standard InChI is InChI=1S/C21H19N3O/c1-14-4-6-19-18(12-14)23-21(24(19)2)17-13-16(5-7-20(17)25-3)15-8-10-22-11-9-15/h4-13H,1-3H3. The van der Waals surface area contributed by atoms with Gasteiger partial charge in [-0.1, -0.05) is 12.1 Å². The lowest BCUT2D eigenvalue weighted by Crippen LogP contribution is -1.96. The molecule has 0 radical (unpaired) electrons. The van der Waals surface area contributed by atoms with Crippen LogP contribution < -0.4 is 4.74 Å². The Morgan fingerprint density at radius 1 is 0.920 bits per heavy atom. The number of hydrogen-bond acceptors (Lipinski definition) is 3. The Kier molecular flexibility index (Phi) is 3.73. The number of aryl methyl sites for hydroxylation is 2. The normalized spacial score (nSPS) is 11.0. The number of fused-ring (bicyclic) bond motifs is 1. The molecule has 2 aromatic heterocycles. The molecule has 0 bridgehead atoms. The van der Waals surface area contributed by atoms with Gasteiger partial charge in [0.15, 0.2) is 0 Å². The number of aromatic nitrogens is 3. The molecule has 124 valence electrons. The molecule has 4 nitrogen and oxygen atoms in total. The quantitative estimate of drug-likeness (QED) is 0.550. The summed E-state index contributed by atoms with van der Waals surface area (Å²) in [7, 11) is 3.73. The summed E-state index contributed by atoms with van der Waals surface area (Å²) in [5, 5.41) is 0. The fourth-order valence-corrected chi connectivity index (χ4v) is 3.16. The van der Waals surface area contributed by atoms with E-state index in [4.69, 9.17) is 9.72 Å². The first-order valence-corrected chi connectivity index (χ1v) is 8.19. The number of pyridine rings is 1. The van der Waals surface area contributed by atoms with Gasteiger partial charge in [-0.2, -0.15) is 0 Å². The maximum Gasteiger partial charge on any atom is 0.144 e. The molecule has 0 saturated carbocycles. The van der Waals surface area contributed by atoms with Crippen molar-refractivity contribution in [3.8, 4) is 28.3 Å².